The van der Waals surface area contributed by atoms with Gasteiger partial charge in [0.2, 0.25) is 0 Å². The van der Waals surface area contributed by atoms with Crippen molar-refractivity contribution in [2.45, 2.75) is 39.2 Å². The van der Waals surface area contributed by atoms with Crippen molar-refractivity contribution in [3.8, 4) is 10.6 Å². The molecule has 2 heterocycles. The fourth-order valence-electron chi connectivity index (χ4n) is 1.96. The average Bonchev–Trinajstić information content (AvgIpc) is 2.92. The quantitative estimate of drug-likeness (QED) is 0.938. The van der Waals surface area contributed by atoms with Crippen molar-refractivity contribution < 1.29 is 0 Å². The first-order chi connectivity index (χ1) is 8.82. The van der Waals surface area contributed by atoms with E-state index in [9.17, 15) is 0 Å². The van der Waals surface area contributed by atoms with Crippen LogP contribution in [0.2, 0.25) is 0 Å². The van der Waals surface area contributed by atoms with Gasteiger partial charge in [-0.3, -0.25) is 4.68 Å². The summed E-state index contributed by atoms with van der Waals surface area (Å²) in [5, 5.41) is 11.0. The Morgan fingerprint density at radius 3 is 2.63 bits per heavy atom. The molecule has 0 spiro atoms. The second-order valence-electron chi connectivity index (χ2n) is 5.90. The lowest BCUT2D eigenvalue weighted by atomic mass is 9.90. The third-order valence-corrected chi connectivity index (χ3v) is 4.06. The lowest BCUT2D eigenvalue weighted by Gasteiger charge is -2.16. The van der Waals surface area contributed by atoms with Crippen LogP contribution in [0.5, 0.6) is 0 Å². The molecule has 0 aromatic carbocycles. The van der Waals surface area contributed by atoms with Crippen LogP contribution in [-0.2, 0) is 12.5 Å². The number of nitrogens with one attached hydrogen (secondary N) is 1. The third kappa shape index (κ3) is 2.87. The molecule has 1 atom stereocenters. The first kappa shape index (κ1) is 14.2. The van der Waals surface area contributed by atoms with Gasteiger partial charge in [-0.1, -0.05) is 20.8 Å². The number of hydrogen-bond acceptors (Lipinski definition) is 4. The topological polar surface area (TPSA) is 42.7 Å². The highest BCUT2D eigenvalue weighted by molar-refractivity contribution is 7.13. The van der Waals surface area contributed by atoms with Gasteiger partial charge in [0.05, 0.1) is 17.0 Å². The van der Waals surface area contributed by atoms with Gasteiger partial charge in [-0.15, -0.1) is 11.3 Å². The molecule has 0 aliphatic rings. The van der Waals surface area contributed by atoms with Gasteiger partial charge < -0.3 is 5.32 Å². The number of aromatic nitrogens is 3. The molecule has 1 N–H and O–H groups in total. The number of hydrogen-bond donors (Lipinski definition) is 1. The van der Waals surface area contributed by atoms with Crippen LogP contribution < -0.4 is 5.32 Å². The lowest BCUT2D eigenvalue weighted by molar-refractivity contribution is 0.554. The molecule has 0 saturated heterocycles. The first-order valence-electron chi connectivity index (χ1n) is 6.50. The number of aryl methyl sites for hydroxylation is 1. The van der Waals surface area contributed by atoms with Gasteiger partial charge in [0, 0.05) is 30.1 Å². The molecule has 0 radical (unpaired) electrons. The Balaban J connectivity index is 2.45. The summed E-state index contributed by atoms with van der Waals surface area (Å²) >= 11 is 1.69. The largest absolute Gasteiger partial charge is 0.312 e. The van der Waals surface area contributed by atoms with E-state index >= 15 is 0 Å². The van der Waals surface area contributed by atoms with E-state index in [1.807, 2.05) is 18.8 Å². The SMILES string of the molecule is CNC(C)c1csc(-c2cn(C)nc2C(C)(C)C)n1. The maximum absolute atomic E-state index is 4.74. The van der Waals surface area contributed by atoms with E-state index in [4.69, 9.17) is 4.98 Å². The van der Waals surface area contributed by atoms with Crippen LogP contribution in [0.1, 0.15) is 45.1 Å². The van der Waals surface area contributed by atoms with Crippen molar-refractivity contribution in [2.75, 3.05) is 7.05 Å². The molecule has 5 heteroatoms. The van der Waals surface area contributed by atoms with Gasteiger partial charge in [0.1, 0.15) is 5.01 Å². The number of nitrogens with zero attached hydrogens (tertiary/aromatic N) is 3. The minimum atomic E-state index is 0.0249. The molecular formula is C14H22N4S. The highest BCUT2D eigenvalue weighted by atomic mass is 32.1. The van der Waals surface area contributed by atoms with Gasteiger partial charge >= 0.3 is 0 Å². The van der Waals surface area contributed by atoms with E-state index in [-0.39, 0.29) is 11.5 Å². The lowest BCUT2D eigenvalue weighted by Crippen LogP contribution is -2.14. The molecule has 4 nitrogen and oxygen atoms in total. The van der Waals surface area contributed by atoms with Crippen LogP contribution in [0, 0.1) is 0 Å². The zero-order chi connectivity index (χ0) is 14.2. The Labute approximate surface area is 118 Å². The van der Waals surface area contributed by atoms with Crippen LogP contribution in [0.4, 0.5) is 0 Å². The van der Waals surface area contributed by atoms with E-state index in [0.717, 1.165) is 22.0 Å². The molecule has 0 bridgehead atoms. The van der Waals surface area contributed by atoms with Crippen LogP contribution in [0.3, 0.4) is 0 Å². The summed E-state index contributed by atoms with van der Waals surface area (Å²) in [4.78, 5) is 4.74. The van der Waals surface area contributed by atoms with Crippen LogP contribution >= 0.6 is 11.3 Å². The molecule has 2 rings (SSSR count). The minimum Gasteiger partial charge on any atom is -0.312 e. The van der Waals surface area contributed by atoms with Crippen molar-refractivity contribution in [3.05, 3.63) is 23.0 Å². The number of thiazole rings is 1. The Hall–Kier alpha value is -1.20. The monoisotopic (exact) mass is 278 g/mol. The van der Waals surface area contributed by atoms with E-state index in [1.165, 1.54) is 0 Å². The van der Waals surface area contributed by atoms with Crippen molar-refractivity contribution in [2.24, 2.45) is 7.05 Å². The molecule has 0 fully saturated rings. The molecule has 0 saturated carbocycles. The molecule has 2 aromatic heterocycles. The smallest absolute Gasteiger partial charge is 0.127 e. The maximum atomic E-state index is 4.74. The molecular weight excluding hydrogens is 256 g/mol. The maximum Gasteiger partial charge on any atom is 0.127 e. The predicted octanol–water partition coefficient (Wildman–Crippen LogP) is 3.12. The summed E-state index contributed by atoms with van der Waals surface area (Å²) < 4.78 is 1.87. The summed E-state index contributed by atoms with van der Waals surface area (Å²) in [5.74, 6) is 0. The van der Waals surface area contributed by atoms with Gasteiger partial charge in [-0.2, -0.15) is 5.10 Å². The summed E-state index contributed by atoms with van der Waals surface area (Å²) in [6.07, 6.45) is 2.06. The van der Waals surface area contributed by atoms with Crippen LogP contribution in [0.15, 0.2) is 11.6 Å². The zero-order valence-corrected chi connectivity index (χ0v) is 13.3. The molecule has 2 aromatic rings. The standard InChI is InChI=1S/C14H22N4S/c1-9(15-5)11-8-19-13(16-11)10-7-18(6)17-12(10)14(2,3)4/h7-9,15H,1-6H3. The fourth-order valence-corrected chi connectivity index (χ4v) is 2.88. The highest BCUT2D eigenvalue weighted by Crippen LogP contribution is 2.34. The van der Waals surface area contributed by atoms with E-state index in [0.29, 0.717) is 0 Å². The molecule has 1 unspecified atom stereocenters. The summed E-state index contributed by atoms with van der Waals surface area (Å²) in [7, 11) is 3.91. The van der Waals surface area contributed by atoms with Gasteiger partial charge in [-0.25, -0.2) is 4.98 Å². The predicted molar refractivity (Wildman–Crippen MR) is 80.5 cm³/mol. The van der Waals surface area contributed by atoms with Crippen LogP contribution in [0.25, 0.3) is 10.6 Å². The number of rotatable bonds is 3. The molecule has 0 aliphatic heterocycles. The van der Waals surface area contributed by atoms with E-state index < -0.39 is 0 Å². The Morgan fingerprint density at radius 1 is 1.37 bits per heavy atom. The highest BCUT2D eigenvalue weighted by Gasteiger charge is 2.24. The van der Waals surface area contributed by atoms with Crippen LogP contribution in [-0.4, -0.2) is 21.8 Å². The Morgan fingerprint density at radius 2 is 2.05 bits per heavy atom. The summed E-state index contributed by atoms with van der Waals surface area (Å²) in [5.41, 5.74) is 3.37. The fraction of sp³-hybridized carbons (Fsp3) is 0.571. The summed E-state index contributed by atoms with van der Waals surface area (Å²) in [6, 6.07) is 0.278. The van der Waals surface area contributed by atoms with Crippen molar-refractivity contribution in [1.82, 2.24) is 20.1 Å². The van der Waals surface area contributed by atoms with Gasteiger partial charge in [0.25, 0.3) is 0 Å². The zero-order valence-electron chi connectivity index (χ0n) is 12.5. The van der Waals surface area contributed by atoms with Crippen molar-refractivity contribution >= 4 is 11.3 Å². The van der Waals surface area contributed by atoms with Gasteiger partial charge in [-0.05, 0) is 14.0 Å². The van der Waals surface area contributed by atoms with Gasteiger partial charge in [0.15, 0.2) is 0 Å². The third-order valence-electron chi connectivity index (χ3n) is 3.17. The average molecular weight is 278 g/mol. The molecule has 19 heavy (non-hydrogen) atoms. The minimum absolute atomic E-state index is 0.0249. The first-order valence-corrected chi connectivity index (χ1v) is 7.38. The second kappa shape index (κ2) is 5.06. The van der Waals surface area contributed by atoms with Crippen molar-refractivity contribution in [1.29, 1.82) is 0 Å². The summed E-state index contributed by atoms with van der Waals surface area (Å²) in [6.45, 7) is 8.67. The van der Waals surface area contributed by atoms with E-state index in [2.05, 4.69) is 49.7 Å². The van der Waals surface area contributed by atoms with Crippen molar-refractivity contribution in [3.63, 3.8) is 0 Å². The normalized spacial score (nSPS) is 13.8. The molecule has 0 aliphatic carbocycles. The Bertz CT molecular complexity index is 562. The molecule has 104 valence electrons. The second-order valence-corrected chi connectivity index (χ2v) is 6.76. The molecule has 0 amide bonds. The van der Waals surface area contributed by atoms with E-state index in [1.54, 1.807) is 11.3 Å². The Kier molecular flexibility index (Phi) is 3.78.